The largest absolute Gasteiger partial charge is 0.383 e. The van der Waals surface area contributed by atoms with E-state index < -0.39 is 5.54 Å². The summed E-state index contributed by atoms with van der Waals surface area (Å²) in [4.78, 5) is 32.8. The summed E-state index contributed by atoms with van der Waals surface area (Å²) in [5.74, 6) is -0.0259. The minimum Gasteiger partial charge on any atom is -0.383 e. The number of urea groups is 1. The molecule has 2 heterocycles. The van der Waals surface area contributed by atoms with Crippen LogP contribution in [-0.2, 0) is 22.5 Å². The second-order valence-corrected chi connectivity index (χ2v) is 9.96. The molecule has 1 spiro atoms. The SMILES string of the molecule is COCCN1C(=O)N(CCCc2ccccc2)C(=O)C12CCN(Cc1ccc3ccccc3c1)CC2. The summed E-state index contributed by atoms with van der Waals surface area (Å²) in [5.41, 5.74) is 1.75. The average Bonchev–Trinajstić information content (AvgIpc) is 3.10. The standard InChI is InChI=1S/C30H35N3O3/c1-36-21-20-33-29(35)32(17-7-10-24-8-3-2-4-9-24)28(34)30(33)15-18-31(19-16-30)23-25-13-14-26-11-5-6-12-27(26)22-25/h2-6,8-9,11-14,22H,7,10,15-21,23H2,1H3. The number of carbonyl (C=O) groups excluding carboxylic acids is 2. The van der Waals surface area contributed by atoms with E-state index in [1.54, 1.807) is 12.0 Å². The van der Waals surface area contributed by atoms with Crippen LogP contribution in [0.25, 0.3) is 10.8 Å². The van der Waals surface area contributed by atoms with E-state index >= 15 is 0 Å². The number of benzene rings is 3. The Balaban J connectivity index is 1.25. The highest BCUT2D eigenvalue weighted by Gasteiger charge is 2.57. The molecule has 36 heavy (non-hydrogen) atoms. The predicted molar refractivity (Wildman–Crippen MR) is 142 cm³/mol. The molecule has 6 nitrogen and oxygen atoms in total. The van der Waals surface area contributed by atoms with E-state index in [9.17, 15) is 9.59 Å². The average molecular weight is 486 g/mol. The lowest BCUT2D eigenvalue weighted by molar-refractivity contribution is -0.136. The number of ether oxygens (including phenoxy) is 1. The lowest BCUT2D eigenvalue weighted by atomic mass is 9.85. The van der Waals surface area contributed by atoms with E-state index in [-0.39, 0.29) is 11.9 Å². The molecule has 6 heteroatoms. The second-order valence-electron chi connectivity index (χ2n) is 9.96. The number of imide groups is 1. The van der Waals surface area contributed by atoms with Crippen molar-refractivity contribution in [2.75, 3.05) is 39.9 Å². The molecule has 0 bridgehead atoms. The maximum Gasteiger partial charge on any atom is 0.327 e. The zero-order valence-corrected chi connectivity index (χ0v) is 21.1. The molecule has 2 aliphatic heterocycles. The van der Waals surface area contributed by atoms with Crippen molar-refractivity contribution in [2.45, 2.75) is 37.8 Å². The summed E-state index contributed by atoms with van der Waals surface area (Å²) in [7, 11) is 1.64. The number of aryl methyl sites for hydroxylation is 1. The van der Waals surface area contributed by atoms with Gasteiger partial charge >= 0.3 is 6.03 Å². The first-order valence-corrected chi connectivity index (χ1v) is 13.0. The fraction of sp³-hybridized carbons (Fsp3) is 0.400. The van der Waals surface area contributed by atoms with Crippen molar-refractivity contribution in [3.8, 4) is 0 Å². The molecule has 3 aromatic rings. The first-order chi connectivity index (χ1) is 17.6. The van der Waals surface area contributed by atoms with Gasteiger partial charge in [0.2, 0.25) is 0 Å². The molecule has 2 fully saturated rings. The van der Waals surface area contributed by atoms with Crippen molar-refractivity contribution < 1.29 is 14.3 Å². The van der Waals surface area contributed by atoms with Crippen molar-refractivity contribution in [3.05, 3.63) is 83.9 Å². The molecular formula is C30H35N3O3. The fourth-order valence-corrected chi connectivity index (χ4v) is 5.72. The summed E-state index contributed by atoms with van der Waals surface area (Å²) < 4.78 is 5.30. The molecule has 0 aliphatic carbocycles. The number of piperidine rings is 1. The van der Waals surface area contributed by atoms with Crippen molar-refractivity contribution >= 4 is 22.7 Å². The third kappa shape index (κ3) is 4.88. The Hall–Kier alpha value is -3.22. The number of likely N-dealkylation sites (tertiary alicyclic amines) is 1. The molecule has 188 valence electrons. The van der Waals surface area contributed by atoms with Crippen molar-refractivity contribution in [3.63, 3.8) is 0 Å². The summed E-state index contributed by atoms with van der Waals surface area (Å²) in [5, 5.41) is 2.49. The fourth-order valence-electron chi connectivity index (χ4n) is 5.72. The van der Waals surface area contributed by atoms with Gasteiger partial charge in [-0.15, -0.1) is 0 Å². The van der Waals surface area contributed by atoms with Crippen LogP contribution in [0.2, 0.25) is 0 Å². The highest BCUT2D eigenvalue weighted by Crippen LogP contribution is 2.37. The number of carbonyl (C=O) groups is 2. The van der Waals surface area contributed by atoms with E-state index in [0.29, 0.717) is 32.5 Å². The molecule has 0 unspecified atom stereocenters. The first-order valence-electron chi connectivity index (χ1n) is 13.0. The van der Waals surface area contributed by atoms with Gasteiger partial charge in [0.25, 0.3) is 5.91 Å². The third-order valence-corrected chi connectivity index (χ3v) is 7.73. The van der Waals surface area contributed by atoms with Crippen LogP contribution in [0.1, 0.15) is 30.4 Å². The second kappa shape index (κ2) is 10.8. The number of methoxy groups -OCH3 is 1. The van der Waals surface area contributed by atoms with E-state index in [1.807, 2.05) is 18.2 Å². The normalized spacial score (nSPS) is 18.0. The van der Waals surface area contributed by atoms with Gasteiger partial charge in [-0.05, 0) is 53.6 Å². The van der Waals surface area contributed by atoms with Crippen molar-refractivity contribution in [1.29, 1.82) is 0 Å². The van der Waals surface area contributed by atoms with E-state index in [2.05, 4.69) is 59.5 Å². The van der Waals surface area contributed by atoms with Gasteiger partial charge in [0.05, 0.1) is 6.61 Å². The van der Waals surface area contributed by atoms with Crippen LogP contribution < -0.4 is 0 Å². The number of hydrogen-bond acceptors (Lipinski definition) is 4. The van der Waals surface area contributed by atoms with Crippen LogP contribution in [0.3, 0.4) is 0 Å². The Morgan fingerprint density at radius 2 is 1.56 bits per heavy atom. The zero-order valence-electron chi connectivity index (χ0n) is 21.1. The van der Waals surface area contributed by atoms with Crippen molar-refractivity contribution in [2.24, 2.45) is 0 Å². The van der Waals surface area contributed by atoms with Gasteiger partial charge in [0, 0.05) is 39.8 Å². The van der Waals surface area contributed by atoms with Crippen LogP contribution in [0.15, 0.2) is 72.8 Å². The zero-order chi connectivity index (χ0) is 25.0. The first kappa shape index (κ1) is 24.5. The molecule has 0 atom stereocenters. The Morgan fingerprint density at radius 3 is 2.31 bits per heavy atom. The van der Waals surface area contributed by atoms with E-state index in [4.69, 9.17) is 4.74 Å². The molecule has 3 aromatic carbocycles. The number of hydrogen-bond donors (Lipinski definition) is 0. The molecule has 2 saturated heterocycles. The molecular weight excluding hydrogens is 450 g/mol. The lowest BCUT2D eigenvalue weighted by Crippen LogP contribution is -2.57. The number of fused-ring (bicyclic) bond motifs is 1. The number of rotatable bonds is 9. The van der Waals surface area contributed by atoms with Gasteiger partial charge in [-0.2, -0.15) is 0 Å². The summed E-state index contributed by atoms with van der Waals surface area (Å²) in [6.45, 7) is 3.75. The summed E-state index contributed by atoms with van der Waals surface area (Å²) >= 11 is 0. The van der Waals surface area contributed by atoms with E-state index in [1.165, 1.54) is 26.8 Å². The maximum atomic E-state index is 13.7. The van der Waals surface area contributed by atoms with Crippen LogP contribution in [-0.4, -0.2) is 72.1 Å². The van der Waals surface area contributed by atoms with Crippen LogP contribution in [0.5, 0.6) is 0 Å². The Morgan fingerprint density at radius 1 is 0.833 bits per heavy atom. The maximum absolute atomic E-state index is 13.7. The quantitative estimate of drug-likeness (QED) is 0.412. The van der Waals surface area contributed by atoms with Gasteiger partial charge in [0.15, 0.2) is 0 Å². The van der Waals surface area contributed by atoms with E-state index in [0.717, 1.165) is 32.5 Å². The minimum atomic E-state index is -0.748. The van der Waals surface area contributed by atoms with Gasteiger partial charge in [-0.1, -0.05) is 66.7 Å². The van der Waals surface area contributed by atoms with Gasteiger partial charge in [-0.3, -0.25) is 14.6 Å². The molecule has 5 rings (SSSR count). The van der Waals surface area contributed by atoms with Crippen LogP contribution in [0, 0.1) is 0 Å². The third-order valence-electron chi connectivity index (χ3n) is 7.73. The van der Waals surface area contributed by atoms with Gasteiger partial charge < -0.3 is 9.64 Å². The molecule has 0 radical (unpaired) electrons. The topological polar surface area (TPSA) is 53.1 Å². The smallest absolute Gasteiger partial charge is 0.327 e. The predicted octanol–water partition coefficient (Wildman–Crippen LogP) is 4.72. The summed E-state index contributed by atoms with van der Waals surface area (Å²) in [6.07, 6.45) is 2.93. The molecule has 3 amide bonds. The summed E-state index contributed by atoms with van der Waals surface area (Å²) in [6, 6.07) is 25.1. The van der Waals surface area contributed by atoms with Gasteiger partial charge in [0.1, 0.15) is 5.54 Å². The lowest BCUT2D eigenvalue weighted by Gasteiger charge is -2.42. The monoisotopic (exact) mass is 485 g/mol. The molecule has 0 saturated carbocycles. The number of amides is 3. The van der Waals surface area contributed by atoms with Gasteiger partial charge in [-0.25, -0.2) is 4.79 Å². The minimum absolute atomic E-state index is 0.0259. The van der Waals surface area contributed by atoms with Crippen LogP contribution >= 0.6 is 0 Å². The Bertz CT molecular complexity index is 1200. The molecule has 0 aromatic heterocycles. The number of nitrogens with zero attached hydrogens (tertiary/aromatic N) is 3. The Kier molecular flexibility index (Phi) is 7.35. The highest BCUT2D eigenvalue weighted by molar-refractivity contribution is 6.07. The highest BCUT2D eigenvalue weighted by atomic mass is 16.5. The molecule has 0 N–H and O–H groups in total. The Labute approximate surface area is 213 Å². The molecule has 2 aliphatic rings. The van der Waals surface area contributed by atoms with Crippen molar-refractivity contribution in [1.82, 2.24) is 14.7 Å². The van der Waals surface area contributed by atoms with Crippen LogP contribution in [0.4, 0.5) is 4.79 Å².